The Hall–Kier alpha value is -3.68. The molecule has 0 aromatic heterocycles. The molecule has 0 saturated carbocycles. The first-order valence-electron chi connectivity index (χ1n) is 8.39. The van der Waals surface area contributed by atoms with E-state index in [1.54, 1.807) is 30.3 Å². The van der Waals surface area contributed by atoms with E-state index in [1.807, 2.05) is 0 Å². The van der Waals surface area contributed by atoms with Crippen LogP contribution in [-0.2, 0) is 9.47 Å². The van der Waals surface area contributed by atoms with Crippen molar-refractivity contribution in [2.45, 2.75) is 0 Å². The quantitative estimate of drug-likeness (QED) is 0.766. The van der Waals surface area contributed by atoms with Crippen LogP contribution < -0.4 is 5.32 Å². The van der Waals surface area contributed by atoms with Crippen LogP contribution in [0.3, 0.4) is 0 Å². The Morgan fingerprint density at radius 2 is 1.43 bits per heavy atom. The molecule has 2 aromatic rings. The molecule has 0 bridgehead atoms. The van der Waals surface area contributed by atoms with E-state index < -0.39 is 23.9 Å². The smallest absolute Gasteiger partial charge is 0.416 e. The van der Waals surface area contributed by atoms with Gasteiger partial charge in [0.15, 0.2) is 0 Å². The molecular weight excluding hydrogens is 364 g/mol. The molecule has 1 N–H and O–H groups in total. The van der Waals surface area contributed by atoms with E-state index in [0.29, 0.717) is 16.7 Å². The zero-order valence-corrected chi connectivity index (χ0v) is 15.5. The van der Waals surface area contributed by atoms with E-state index in [9.17, 15) is 19.2 Å². The number of nitrogens with zero attached hydrogens (tertiary/aromatic N) is 1. The second kappa shape index (κ2) is 9.86. The molecule has 28 heavy (non-hydrogen) atoms. The van der Waals surface area contributed by atoms with Gasteiger partial charge in [0.2, 0.25) is 0 Å². The molecule has 0 atom stereocenters. The summed E-state index contributed by atoms with van der Waals surface area (Å²) in [6.07, 6.45) is -0.814. The topological polar surface area (TPSA) is 102 Å². The molecule has 0 aliphatic heterocycles. The number of nitrogens with one attached hydrogen (secondary N) is 1. The number of benzene rings is 2. The number of amides is 3. The van der Waals surface area contributed by atoms with E-state index in [2.05, 4.69) is 14.8 Å². The summed E-state index contributed by atoms with van der Waals surface area (Å²) in [6.45, 7) is -0.0301. The highest BCUT2D eigenvalue weighted by atomic mass is 16.5. The maximum Gasteiger partial charge on any atom is 0.416 e. The predicted octanol–water partition coefficient (Wildman–Crippen LogP) is 2.11. The normalized spacial score (nSPS) is 9.93. The average molecular weight is 384 g/mol. The van der Waals surface area contributed by atoms with Gasteiger partial charge in [-0.15, -0.1) is 0 Å². The standard InChI is InChI=1S/C20H20N2O6/c1-27-19(25)16-10-8-14(9-11-16)17(23)21-12-13-22(20(26)28-2)18(24)15-6-4-3-5-7-15/h3-11H,12-13H2,1-2H3,(H,21,23). The summed E-state index contributed by atoms with van der Waals surface area (Å²) in [5.74, 6) is -1.43. The number of esters is 1. The van der Waals surface area contributed by atoms with Crippen LogP contribution in [0.2, 0.25) is 0 Å². The lowest BCUT2D eigenvalue weighted by atomic mass is 10.1. The third-order valence-electron chi connectivity index (χ3n) is 3.85. The summed E-state index contributed by atoms with van der Waals surface area (Å²) in [5, 5.41) is 2.62. The van der Waals surface area contributed by atoms with Gasteiger partial charge in [0.25, 0.3) is 11.8 Å². The number of methoxy groups -OCH3 is 2. The molecule has 0 radical (unpaired) electrons. The molecule has 0 spiro atoms. The van der Waals surface area contributed by atoms with Gasteiger partial charge in [-0.3, -0.25) is 9.59 Å². The maximum absolute atomic E-state index is 12.5. The van der Waals surface area contributed by atoms with Crippen LogP contribution in [-0.4, -0.2) is 56.1 Å². The molecule has 0 unspecified atom stereocenters. The van der Waals surface area contributed by atoms with Crippen molar-refractivity contribution in [2.75, 3.05) is 27.3 Å². The van der Waals surface area contributed by atoms with Crippen molar-refractivity contribution in [1.29, 1.82) is 0 Å². The Balaban J connectivity index is 1.98. The van der Waals surface area contributed by atoms with Crippen LogP contribution in [0.5, 0.6) is 0 Å². The van der Waals surface area contributed by atoms with E-state index in [1.165, 1.54) is 38.5 Å². The second-order valence-electron chi connectivity index (χ2n) is 5.62. The second-order valence-corrected chi connectivity index (χ2v) is 5.62. The van der Waals surface area contributed by atoms with Gasteiger partial charge in [-0.05, 0) is 36.4 Å². The van der Waals surface area contributed by atoms with Crippen molar-refractivity contribution < 1.29 is 28.7 Å². The number of carbonyl (C=O) groups is 4. The Kier molecular flexibility index (Phi) is 7.27. The van der Waals surface area contributed by atoms with Gasteiger partial charge in [0, 0.05) is 24.2 Å². The van der Waals surface area contributed by atoms with Gasteiger partial charge in [-0.1, -0.05) is 18.2 Å². The highest BCUT2D eigenvalue weighted by Crippen LogP contribution is 2.07. The van der Waals surface area contributed by atoms with E-state index in [4.69, 9.17) is 0 Å². The minimum absolute atomic E-state index is 0.0330. The monoisotopic (exact) mass is 384 g/mol. The van der Waals surface area contributed by atoms with Gasteiger partial charge in [0.1, 0.15) is 0 Å². The van der Waals surface area contributed by atoms with E-state index in [0.717, 1.165) is 4.90 Å². The molecule has 8 nitrogen and oxygen atoms in total. The number of imide groups is 1. The van der Waals surface area contributed by atoms with Crippen molar-refractivity contribution in [3.8, 4) is 0 Å². The Morgan fingerprint density at radius 1 is 0.821 bits per heavy atom. The van der Waals surface area contributed by atoms with Crippen LogP contribution in [0.4, 0.5) is 4.79 Å². The van der Waals surface area contributed by atoms with Crippen molar-refractivity contribution >= 4 is 23.9 Å². The fourth-order valence-electron chi connectivity index (χ4n) is 2.38. The van der Waals surface area contributed by atoms with Crippen molar-refractivity contribution in [3.05, 3.63) is 71.3 Å². The van der Waals surface area contributed by atoms with Gasteiger partial charge >= 0.3 is 12.1 Å². The maximum atomic E-state index is 12.5. The molecule has 0 aliphatic rings. The molecule has 0 fully saturated rings. The summed E-state index contributed by atoms with van der Waals surface area (Å²) >= 11 is 0. The van der Waals surface area contributed by atoms with Gasteiger partial charge < -0.3 is 14.8 Å². The lowest BCUT2D eigenvalue weighted by Gasteiger charge is -2.19. The average Bonchev–Trinajstić information content (AvgIpc) is 2.75. The third-order valence-corrected chi connectivity index (χ3v) is 3.85. The lowest BCUT2D eigenvalue weighted by molar-refractivity contribution is 0.0599. The summed E-state index contributed by atoms with van der Waals surface area (Å²) in [6, 6.07) is 14.2. The van der Waals surface area contributed by atoms with Crippen molar-refractivity contribution in [1.82, 2.24) is 10.2 Å². The summed E-state index contributed by atoms with van der Waals surface area (Å²) in [4.78, 5) is 49.0. The van der Waals surface area contributed by atoms with Crippen LogP contribution in [0.1, 0.15) is 31.1 Å². The molecule has 146 valence electrons. The number of ether oxygens (including phenoxy) is 2. The van der Waals surface area contributed by atoms with Crippen molar-refractivity contribution in [3.63, 3.8) is 0 Å². The predicted molar refractivity (Wildman–Crippen MR) is 100.0 cm³/mol. The largest absolute Gasteiger partial charge is 0.465 e. The SMILES string of the molecule is COC(=O)c1ccc(C(=O)NCCN(C(=O)OC)C(=O)c2ccccc2)cc1. The van der Waals surface area contributed by atoms with Crippen LogP contribution in [0.25, 0.3) is 0 Å². The number of hydrogen-bond acceptors (Lipinski definition) is 6. The number of hydrogen-bond donors (Lipinski definition) is 1. The van der Waals surface area contributed by atoms with Gasteiger partial charge in [0.05, 0.1) is 19.8 Å². The molecule has 2 aromatic carbocycles. The molecule has 0 aliphatic carbocycles. The Morgan fingerprint density at radius 3 is 2.00 bits per heavy atom. The van der Waals surface area contributed by atoms with Crippen molar-refractivity contribution in [2.24, 2.45) is 0 Å². The van der Waals surface area contributed by atoms with Crippen LogP contribution >= 0.6 is 0 Å². The summed E-state index contributed by atoms with van der Waals surface area (Å²) < 4.78 is 9.25. The van der Waals surface area contributed by atoms with Gasteiger partial charge in [-0.25, -0.2) is 14.5 Å². The van der Waals surface area contributed by atoms with Crippen LogP contribution in [0, 0.1) is 0 Å². The molecule has 0 saturated heterocycles. The minimum Gasteiger partial charge on any atom is -0.465 e. The first-order chi connectivity index (χ1) is 13.5. The van der Waals surface area contributed by atoms with E-state index >= 15 is 0 Å². The Labute approximate surface area is 162 Å². The van der Waals surface area contributed by atoms with E-state index in [-0.39, 0.29) is 13.1 Å². The highest BCUT2D eigenvalue weighted by Gasteiger charge is 2.23. The molecule has 8 heteroatoms. The molecular formula is C20H20N2O6. The number of rotatable bonds is 6. The third kappa shape index (κ3) is 5.16. The minimum atomic E-state index is -0.814. The summed E-state index contributed by atoms with van der Waals surface area (Å²) in [7, 11) is 2.45. The number of carbonyl (C=O) groups excluding carboxylic acids is 4. The summed E-state index contributed by atoms with van der Waals surface area (Å²) in [5.41, 5.74) is 0.980. The van der Waals surface area contributed by atoms with Gasteiger partial charge in [-0.2, -0.15) is 0 Å². The fourth-order valence-corrected chi connectivity index (χ4v) is 2.38. The Bertz CT molecular complexity index is 849. The highest BCUT2D eigenvalue weighted by molar-refractivity contribution is 6.03. The van der Waals surface area contributed by atoms with Crippen LogP contribution in [0.15, 0.2) is 54.6 Å². The lowest BCUT2D eigenvalue weighted by Crippen LogP contribution is -2.42. The molecule has 0 heterocycles. The molecule has 3 amide bonds. The fraction of sp³-hybridized carbons (Fsp3) is 0.200. The first kappa shape index (κ1) is 20.6. The molecule has 2 rings (SSSR count). The first-order valence-corrected chi connectivity index (χ1v) is 8.39. The zero-order chi connectivity index (χ0) is 20.5. The zero-order valence-electron chi connectivity index (χ0n) is 15.5.